The lowest BCUT2D eigenvalue weighted by molar-refractivity contribution is -0.115. The third kappa shape index (κ3) is 2.50. The van der Waals surface area contributed by atoms with Crippen LogP contribution in [0.2, 0.25) is 0 Å². The smallest absolute Gasteiger partial charge is 0.230 e. The van der Waals surface area contributed by atoms with E-state index in [9.17, 15) is 4.79 Å². The SMILES string of the molecule is Cc1cc(CC(=O)Nc2cc(C)[nH]n2)c[nH]1. The molecule has 0 aliphatic carbocycles. The van der Waals surface area contributed by atoms with Crippen molar-refractivity contribution in [3.63, 3.8) is 0 Å². The number of hydrogen-bond acceptors (Lipinski definition) is 2. The van der Waals surface area contributed by atoms with Crippen LogP contribution in [0.5, 0.6) is 0 Å². The van der Waals surface area contributed by atoms with Crippen LogP contribution in [-0.4, -0.2) is 21.1 Å². The number of aryl methyl sites for hydroxylation is 2. The van der Waals surface area contributed by atoms with Gasteiger partial charge in [0.2, 0.25) is 5.91 Å². The van der Waals surface area contributed by atoms with Crippen molar-refractivity contribution >= 4 is 11.7 Å². The van der Waals surface area contributed by atoms with E-state index in [1.165, 1.54) is 0 Å². The second-order valence-corrected chi connectivity index (χ2v) is 3.85. The highest BCUT2D eigenvalue weighted by Gasteiger charge is 2.06. The van der Waals surface area contributed by atoms with Gasteiger partial charge >= 0.3 is 0 Å². The van der Waals surface area contributed by atoms with E-state index < -0.39 is 0 Å². The van der Waals surface area contributed by atoms with Crippen LogP contribution in [0.4, 0.5) is 5.82 Å². The zero-order chi connectivity index (χ0) is 11.5. The van der Waals surface area contributed by atoms with E-state index in [1.54, 1.807) is 6.07 Å². The van der Waals surface area contributed by atoms with Gasteiger partial charge in [-0.2, -0.15) is 5.10 Å². The third-order valence-electron chi connectivity index (χ3n) is 2.23. The van der Waals surface area contributed by atoms with E-state index in [0.29, 0.717) is 12.2 Å². The average molecular weight is 218 g/mol. The number of aromatic nitrogens is 3. The molecule has 0 aliphatic heterocycles. The Morgan fingerprint density at radius 1 is 1.38 bits per heavy atom. The molecule has 2 heterocycles. The molecule has 0 bridgehead atoms. The number of carbonyl (C=O) groups excluding carboxylic acids is 1. The number of rotatable bonds is 3. The molecule has 84 valence electrons. The van der Waals surface area contributed by atoms with Crippen LogP contribution in [0, 0.1) is 13.8 Å². The van der Waals surface area contributed by atoms with E-state index in [4.69, 9.17) is 0 Å². The van der Waals surface area contributed by atoms with Crippen molar-refractivity contribution in [2.75, 3.05) is 5.32 Å². The molecule has 0 spiro atoms. The van der Waals surface area contributed by atoms with Crippen LogP contribution in [0.3, 0.4) is 0 Å². The van der Waals surface area contributed by atoms with Gasteiger partial charge in [0.15, 0.2) is 5.82 Å². The summed E-state index contributed by atoms with van der Waals surface area (Å²) in [7, 11) is 0. The van der Waals surface area contributed by atoms with Gasteiger partial charge in [-0.25, -0.2) is 0 Å². The molecule has 5 nitrogen and oxygen atoms in total. The third-order valence-corrected chi connectivity index (χ3v) is 2.23. The molecule has 0 atom stereocenters. The van der Waals surface area contributed by atoms with Gasteiger partial charge in [-0.1, -0.05) is 0 Å². The summed E-state index contributed by atoms with van der Waals surface area (Å²) in [5.41, 5.74) is 2.95. The van der Waals surface area contributed by atoms with Crippen LogP contribution in [0.25, 0.3) is 0 Å². The quantitative estimate of drug-likeness (QED) is 0.731. The van der Waals surface area contributed by atoms with Crippen LogP contribution in [-0.2, 0) is 11.2 Å². The molecule has 0 aromatic carbocycles. The van der Waals surface area contributed by atoms with Crippen molar-refractivity contribution in [3.05, 3.63) is 35.3 Å². The standard InChI is InChI=1S/C11H14N4O/c1-7-3-9(6-12-7)5-11(16)13-10-4-8(2)14-15-10/h3-4,6,12H,5H2,1-2H3,(H2,13,14,15,16). The molecule has 2 rings (SSSR count). The monoisotopic (exact) mass is 218 g/mol. The minimum Gasteiger partial charge on any atom is -0.365 e. The predicted molar refractivity (Wildman–Crippen MR) is 61.2 cm³/mol. The number of aromatic amines is 2. The van der Waals surface area contributed by atoms with Gasteiger partial charge in [-0.05, 0) is 25.5 Å². The first kappa shape index (κ1) is 10.5. The van der Waals surface area contributed by atoms with E-state index >= 15 is 0 Å². The largest absolute Gasteiger partial charge is 0.365 e. The van der Waals surface area contributed by atoms with Gasteiger partial charge in [0, 0.05) is 23.7 Å². The minimum absolute atomic E-state index is 0.0644. The summed E-state index contributed by atoms with van der Waals surface area (Å²) >= 11 is 0. The van der Waals surface area contributed by atoms with Crippen LogP contribution < -0.4 is 5.32 Å². The maximum Gasteiger partial charge on any atom is 0.230 e. The Balaban J connectivity index is 1.94. The molecule has 2 aromatic rings. The highest BCUT2D eigenvalue weighted by Crippen LogP contribution is 2.07. The van der Waals surface area contributed by atoms with E-state index in [2.05, 4.69) is 20.5 Å². The molecule has 5 heteroatoms. The fraction of sp³-hybridized carbons (Fsp3) is 0.273. The Morgan fingerprint density at radius 3 is 2.75 bits per heavy atom. The van der Waals surface area contributed by atoms with Crippen LogP contribution >= 0.6 is 0 Å². The molecular weight excluding hydrogens is 204 g/mol. The lowest BCUT2D eigenvalue weighted by Gasteiger charge is -1.99. The molecule has 16 heavy (non-hydrogen) atoms. The van der Waals surface area contributed by atoms with E-state index in [0.717, 1.165) is 17.0 Å². The van der Waals surface area contributed by atoms with Gasteiger partial charge in [0.1, 0.15) is 0 Å². The Labute approximate surface area is 93.3 Å². The fourth-order valence-corrected chi connectivity index (χ4v) is 1.52. The van der Waals surface area contributed by atoms with Gasteiger partial charge in [-0.3, -0.25) is 9.89 Å². The first-order valence-electron chi connectivity index (χ1n) is 5.09. The lowest BCUT2D eigenvalue weighted by Crippen LogP contribution is -2.14. The average Bonchev–Trinajstić information content (AvgIpc) is 2.76. The van der Waals surface area contributed by atoms with Crippen molar-refractivity contribution in [1.29, 1.82) is 0 Å². The maximum atomic E-state index is 11.6. The number of hydrogen-bond donors (Lipinski definition) is 3. The van der Waals surface area contributed by atoms with Crippen molar-refractivity contribution in [2.45, 2.75) is 20.3 Å². The van der Waals surface area contributed by atoms with Crippen molar-refractivity contribution in [3.8, 4) is 0 Å². The molecular formula is C11H14N4O. The van der Waals surface area contributed by atoms with Crippen molar-refractivity contribution in [2.24, 2.45) is 0 Å². The molecule has 0 radical (unpaired) electrons. The second kappa shape index (κ2) is 4.22. The zero-order valence-electron chi connectivity index (χ0n) is 9.29. The highest BCUT2D eigenvalue weighted by molar-refractivity contribution is 5.91. The van der Waals surface area contributed by atoms with Gasteiger partial charge < -0.3 is 10.3 Å². The van der Waals surface area contributed by atoms with Crippen LogP contribution in [0.1, 0.15) is 17.0 Å². The molecule has 0 aliphatic rings. The summed E-state index contributed by atoms with van der Waals surface area (Å²) in [6.07, 6.45) is 2.20. The summed E-state index contributed by atoms with van der Waals surface area (Å²) < 4.78 is 0. The molecule has 0 fully saturated rings. The topological polar surface area (TPSA) is 73.6 Å². The minimum atomic E-state index is -0.0644. The molecule has 1 amide bonds. The lowest BCUT2D eigenvalue weighted by atomic mass is 10.2. The number of nitrogens with zero attached hydrogens (tertiary/aromatic N) is 1. The van der Waals surface area contributed by atoms with Gasteiger partial charge in [0.25, 0.3) is 0 Å². The zero-order valence-corrected chi connectivity index (χ0v) is 9.29. The van der Waals surface area contributed by atoms with Gasteiger partial charge in [-0.15, -0.1) is 0 Å². The first-order chi connectivity index (χ1) is 7.63. The number of amides is 1. The molecule has 2 aromatic heterocycles. The first-order valence-corrected chi connectivity index (χ1v) is 5.09. The Hall–Kier alpha value is -2.04. The summed E-state index contributed by atoms with van der Waals surface area (Å²) in [6.45, 7) is 3.84. The number of H-pyrrole nitrogens is 2. The highest BCUT2D eigenvalue weighted by atomic mass is 16.1. The van der Waals surface area contributed by atoms with E-state index in [-0.39, 0.29) is 5.91 Å². The van der Waals surface area contributed by atoms with Crippen LogP contribution in [0.15, 0.2) is 18.3 Å². The van der Waals surface area contributed by atoms with Crippen molar-refractivity contribution in [1.82, 2.24) is 15.2 Å². The Morgan fingerprint density at radius 2 is 2.19 bits per heavy atom. The summed E-state index contributed by atoms with van der Waals surface area (Å²) in [5, 5.41) is 9.43. The summed E-state index contributed by atoms with van der Waals surface area (Å²) in [6, 6.07) is 3.75. The van der Waals surface area contributed by atoms with Crippen molar-refractivity contribution < 1.29 is 4.79 Å². The Kier molecular flexibility index (Phi) is 2.76. The normalized spacial score (nSPS) is 10.4. The molecule has 0 saturated heterocycles. The number of nitrogens with one attached hydrogen (secondary N) is 3. The number of carbonyl (C=O) groups is 1. The molecule has 0 saturated carbocycles. The fourth-order valence-electron chi connectivity index (χ4n) is 1.52. The molecule has 0 unspecified atom stereocenters. The summed E-state index contributed by atoms with van der Waals surface area (Å²) in [4.78, 5) is 14.7. The second-order valence-electron chi connectivity index (χ2n) is 3.85. The molecule has 3 N–H and O–H groups in total. The van der Waals surface area contributed by atoms with Gasteiger partial charge in [0.05, 0.1) is 6.42 Å². The number of anilines is 1. The Bertz CT molecular complexity index is 453. The maximum absolute atomic E-state index is 11.6. The van der Waals surface area contributed by atoms with E-state index in [1.807, 2.05) is 26.1 Å². The predicted octanol–water partition coefficient (Wildman–Crippen LogP) is 1.54. The summed E-state index contributed by atoms with van der Waals surface area (Å²) in [5.74, 6) is 0.500.